The van der Waals surface area contributed by atoms with E-state index in [1.807, 2.05) is 4.90 Å². The highest BCUT2D eigenvalue weighted by Crippen LogP contribution is 2.39. The normalized spacial score (nSPS) is 24.1. The number of thiol groups is 1. The van der Waals surface area contributed by atoms with Crippen LogP contribution in [0.3, 0.4) is 0 Å². The molecule has 3 atom stereocenters. The molecule has 2 aromatic carbocycles. The summed E-state index contributed by atoms with van der Waals surface area (Å²) in [4.78, 5) is 4.56. The van der Waals surface area contributed by atoms with Crippen LogP contribution >= 0.6 is 12.6 Å². The third-order valence-electron chi connectivity index (χ3n) is 7.19. The van der Waals surface area contributed by atoms with Crippen molar-refractivity contribution in [2.45, 2.75) is 53.5 Å². The summed E-state index contributed by atoms with van der Waals surface area (Å²) >= 11 is 4.32. The minimum atomic E-state index is -4.82. The van der Waals surface area contributed by atoms with Crippen molar-refractivity contribution in [2.75, 3.05) is 44.2 Å². The third-order valence-corrected chi connectivity index (χ3v) is 9.66. The topological polar surface area (TPSA) is 84.3 Å². The number of nitrogens with zero attached hydrogens (tertiary/aromatic N) is 3. The van der Waals surface area contributed by atoms with Gasteiger partial charge in [0.25, 0.3) is 0 Å². The van der Waals surface area contributed by atoms with E-state index in [0.29, 0.717) is 36.6 Å². The van der Waals surface area contributed by atoms with Crippen LogP contribution in [0.25, 0.3) is 0 Å². The molecule has 2 fully saturated rings. The lowest BCUT2D eigenvalue weighted by molar-refractivity contribution is -0.258. The van der Waals surface area contributed by atoms with Gasteiger partial charge >= 0.3 is 6.18 Å². The number of benzene rings is 2. The van der Waals surface area contributed by atoms with Crippen LogP contribution in [0.1, 0.15) is 25.3 Å². The summed E-state index contributed by atoms with van der Waals surface area (Å²) in [6.07, 6.45) is -3.74. The number of alkyl halides is 3. The number of hydrogen-bond acceptors (Lipinski definition) is 7. The first-order valence-electron chi connectivity index (χ1n) is 12.2. The monoisotopic (exact) mass is 559 g/mol. The number of β-amino-alcohol motifs (C(OH)–C–C–N with tert-alkyl or cyclic N) is 1. The van der Waals surface area contributed by atoms with Gasteiger partial charge in [-0.1, -0.05) is 24.3 Å². The van der Waals surface area contributed by atoms with Gasteiger partial charge in [-0.2, -0.15) is 17.5 Å². The molecule has 4 rings (SSSR count). The molecule has 0 saturated carbocycles. The van der Waals surface area contributed by atoms with Crippen LogP contribution in [0, 0.1) is 0 Å². The number of rotatable bonds is 6. The molecule has 37 heavy (non-hydrogen) atoms. The largest absolute Gasteiger partial charge is 0.421 e. The molecule has 0 bridgehead atoms. The van der Waals surface area contributed by atoms with Crippen molar-refractivity contribution in [1.82, 2.24) is 9.21 Å². The van der Waals surface area contributed by atoms with Crippen LogP contribution in [0.15, 0.2) is 58.3 Å². The number of piperazine rings is 1. The minimum absolute atomic E-state index is 0.123. The smallest absolute Gasteiger partial charge is 0.392 e. The van der Waals surface area contributed by atoms with Gasteiger partial charge in [0, 0.05) is 43.3 Å². The van der Waals surface area contributed by atoms with Crippen LogP contribution in [0.2, 0.25) is 0 Å². The Labute approximate surface area is 221 Å². The van der Waals surface area contributed by atoms with Crippen molar-refractivity contribution < 1.29 is 31.8 Å². The van der Waals surface area contributed by atoms with E-state index in [0.717, 1.165) is 19.9 Å². The zero-order valence-electron chi connectivity index (χ0n) is 20.5. The van der Waals surface area contributed by atoms with Crippen molar-refractivity contribution in [2.24, 2.45) is 0 Å². The Morgan fingerprint density at radius 3 is 2.32 bits per heavy atom. The average molecular weight is 560 g/mol. The second-order valence-electron chi connectivity index (χ2n) is 9.85. The summed E-state index contributed by atoms with van der Waals surface area (Å²) in [5, 5.41) is 20.2. The van der Waals surface area contributed by atoms with Crippen molar-refractivity contribution in [3.63, 3.8) is 0 Å². The van der Waals surface area contributed by atoms with Crippen molar-refractivity contribution in [3.8, 4) is 0 Å². The Bertz CT molecular complexity index is 1190. The fraction of sp³-hybridized carbons (Fsp3) is 0.520. The summed E-state index contributed by atoms with van der Waals surface area (Å²) in [6, 6.07) is 11.8. The Hall–Kier alpha value is -1.83. The number of aliphatic hydroxyl groups is 2. The van der Waals surface area contributed by atoms with Crippen LogP contribution < -0.4 is 4.90 Å². The zero-order valence-corrected chi connectivity index (χ0v) is 22.2. The Kier molecular flexibility index (Phi) is 8.18. The number of likely N-dealkylation sites (tertiary alicyclic amines) is 1. The second-order valence-corrected chi connectivity index (χ2v) is 12.2. The first-order valence-corrected chi connectivity index (χ1v) is 14.0. The summed E-state index contributed by atoms with van der Waals surface area (Å²) in [5.74, 6) is 0. The van der Waals surface area contributed by atoms with Crippen LogP contribution in [0.5, 0.6) is 0 Å². The summed E-state index contributed by atoms with van der Waals surface area (Å²) < 4.78 is 68.2. The van der Waals surface area contributed by atoms with Gasteiger partial charge in [0.2, 0.25) is 10.0 Å². The molecule has 2 saturated heterocycles. The number of piperidine rings is 1. The molecule has 2 N–H and O–H groups in total. The number of halogens is 3. The molecule has 2 aromatic rings. The summed E-state index contributed by atoms with van der Waals surface area (Å²) in [5.41, 5.74) is -2.62. The van der Waals surface area contributed by atoms with Gasteiger partial charge < -0.3 is 15.1 Å². The molecule has 0 aliphatic carbocycles. The standard InChI is InChI=1S/C25H32F3N3O4S2/c1-24(33,25(26,27)28)18-8-10-19(11-9-18)31-14-13-30(37(34,35)23-7-3-2-6-22(23)36)16-20(31)15-29-12-4-5-21(32)17-29/h2-3,6-11,20-21,32-33,36H,4-5,12-17H2,1H3/t20-,21-,24?/m0/s1. The van der Waals surface area contributed by atoms with Gasteiger partial charge in [-0.25, -0.2) is 8.42 Å². The lowest BCUT2D eigenvalue weighted by atomic mass is 9.95. The van der Waals surface area contributed by atoms with Gasteiger partial charge in [-0.3, -0.25) is 4.90 Å². The summed E-state index contributed by atoms with van der Waals surface area (Å²) in [7, 11) is -3.82. The quantitative estimate of drug-likeness (QED) is 0.472. The molecular weight excluding hydrogens is 527 g/mol. The number of aliphatic hydroxyl groups excluding tert-OH is 1. The second kappa shape index (κ2) is 10.7. The molecule has 12 heteroatoms. The fourth-order valence-corrected chi connectivity index (χ4v) is 7.05. The molecule has 0 spiro atoms. The van der Waals surface area contributed by atoms with Crippen molar-refractivity contribution >= 4 is 28.3 Å². The molecule has 0 aromatic heterocycles. The third kappa shape index (κ3) is 5.94. The molecular formula is C25H32F3N3O4S2. The van der Waals surface area contributed by atoms with Crippen molar-refractivity contribution in [3.05, 3.63) is 54.1 Å². The van der Waals surface area contributed by atoms with E-state index in [9.17, 15) is 31.8 Å². The fourth-order valence-electron chi connectivity index (χ4n) is 4.99. The number of anilines is 1. The van der Waals surface area contributed by atoms with Gasteiger partial charge in [-0.05, 0) is 56.1 Å². The lowest BCUT2D eigenvalue weighted by Gasteiger charge is -2.45. The van der Waals surface area contributed by atoms with Gasteiger partial charge in [-0.15, -0.1) is 12.6 Å². The highest BCUT2D eigenvalue weighted by molar-refractivity contribution is 7.90. The molecule has 1 unspecified atom stereocenters. The average Bonchev–Trinajstić information content (AvgIpc) is 2.83. The molecule has 204 valence electrons. The van der Waals surface area contributed by atoms with Crippen LogP contribution in [0.4, 0.5) is 18.9 Å². The predicted octanol–water partition coefficient (Wildman–Crippen LogP) is 3.08. The highest BCUT2D eigenvalue weighted by Gasteiger charge is 2.51. The van der Waals surface area contributed by atoms with E-state index in [4.69, 9.17) is 0 Å². The molecule has 0 radical (unpaired) electrons. The van der Waals surface area contributed by atoms with E-state index in [1.165, 1.54) is 34.6 Å². The highest BCUT2D eigenvalue weighted by atomic mass is 32.2. The first kappa shape index (κ1) is 28.2. The summed E-state index contributed by atoms with van der Waals surface area (Å²) in [6.45, 7) is 3.11. The lowest BCUT2D eigenvalue weighted by Crippen LogP contribution is -2.59. The van der Waals surface area contributed by atoms with Crippen molar-refractivity contribution in [1.29, 1.82) is 0 Å². The molecule has 2 aliphatic rings. The molecule has 2 heterocycles. The maximum atomic E-state index is 13.5. The van der Waals surface area contributed by atoms with Gasteiger partial charge in [0.1, 0.15) is 0 Å². The predicted molar refractivity (Wildman–Crippen MR) is 137 cm³/mol. The van der Waals surface area contributed by atoms with E-state index in [-0.39, 0.29) is 29.6 Å². The Morgan fingerprint density at radius 2 is 1.70 bits per heavy atom. The molecule has 2 aliphatic heterocycles. The maximum absolute atomic E-state index is 13.5. The Balaban J connectivity index is 1.61. The Morgan fingerprint density at radius 1 is 1.03 bits per heavy atom. The maximum Gasteiger partial charge on any atom is 0.421 e. The van der Waals surface area contributed by atoms with Crippen LogP contribution in [-0.2, 0) is 15.6 Å². The van der Waals surface area contributed by atoms with E-state index < -0.39 is 27.9 Å². The molecule has 7 nitrogen and oxygen atoms in total. The first-order chi connectivity index (χ1) is 17.3. The van der Waals surface area contributed by atoms with E-state index in [1.54, 1.807) is 18.2 Å². The van der Waals surface area contributed by atoms with E-state index >= 15 is 0 Å². The zero-order chi connectivity index (χ0) is 27.0. The number of hydrogen-bond donors (Lipinski definition) is 3. The molecule has 0 amide bonds. The van der Waals surface area contributed by atoms with Gasteiger partial charge in [0.15, 0.2) is 5.60 Å². The SMILES string of the molecule is CC(O)(c1ccc(N2CCN(S(=O)(=O)c3ccccc3S)C[C@@H]2CN2CCC[C@H](O)C2)cc1)C(F)(F)F. The number of sulfonamides is 1. The van der Waals surface area contributed by atoms with E-state index in [2.05, 4.69) is 17.5 Å². The minimum Gasteiger partial charge on any atom is -0.392 e. The van der Waals surface area contributed by atoms with Crippen LogP contribution in [-0.4, -0.2) is 85.4 Å². The van der Waals surface area contributed by atoms with Gasteiger partial charge in [0.05, 0.1) is 17.0 Å².